The molecule has 1 saturated carbocycles. The first-order valence-corrected chi connectivity index (χ1v) is 12.1. The largest absolute Gasteiger partial charge is 0.483 e. The normalized spacial score (nSPS) is 14.8. The molecule has 0 saturated heterocycles. The van der Waals surface area contributed by atoms with E-state index in [9.17, 15) is 9.59 Å². The van der Waals surface area contributed by atoms with E-state index in [4.69, 9.17) is 4.74 Å². The quantitative estimate of drug-likeness (QED) is 0.539. The first-order valence-electron chi connectivity index (χ1n) is 11.3. The van der Waals surface area contributed by atoms with Crippen LogP contribution >= 0.6 is 15.9 Å². The van der Waals surface area contributed by atoms with Crippen LogP contribution in [-0.2, 0) is 16.1 Å². The first-order chi connectivity index (χ1) is 15.2. The van der Waals surface area contributed by atoms with Crippen LogP contribution in [0, 0.1) is 20.8 Å². The molecule has 2 aromatic rings. The zero-order valence-corrected chi connectivity index (χ0v) is 21.0. The monoisotopic (exact) mass is 500 g/mol. The summed E-state index contributed by atoms with van der Waals surface area (Å²) in [7, 11) is 0. The summed E-state index contributed by atoms with van der Waals surface area (Å²) in [5.41, 5.74) is 4.20. The van der Waals surface area contributed by atoms with Crippen LogP contribution in [0.3, 0.4) is 0 Å². The van der Waals surface area contributed by atoms with Gasteiger partial charge in [-0.2, -0.15) is 0 Å². The Labute approximate surface area is 199 Å². The molecule has 0 aromatic heterocycles. The van der Waals surface area contributed by atoms with Gasteiger partial charge in [-0.25, -0.2) is 0 Å². The van der Waals surface area contributed by atoms with Crippen molar-refractivity contribution in [2.75, 3.05) is 6.61 Å². The van der Waals surface area contributed by atoms with Crippen LogP contribution in [-0.4, -0.2) is 35.4 Å². The number of rotatable bonds is 8. The van der Waals surface area contributed by atoms with Crippen molar-refractivity contribution in [3.63, 3.8) is 0 Å². The second kappa shape index (κ2) is 11.0. The van der Waals surface area contributed by atoms with Crippen LogP contribution in [0.1, 0.15) is 54.9 Å². The summed E-state index contributed by atoms with van der Waals surface area (Å²) < 4.78 is 6.90. The number of benzene rings is 2. The lowest BCUT2D eigenvalue weighted by Gasteiger charge is -2.30. The van der Waals surface area contributed by atoms with Crippen LogP contribution in [0.5, 0.6) is 5.75 Å². The summed E-state index contributed by atoms with van der Waals surface area (Å²) in [5.74, 6) is 0.396. The molecule has 1 aliphatic rings. The van der Waals surface area contributed by atoms with Gasteiger partial charge in [-0.3, -0.25) is 9.59 Å². The molecule has 5 nitrogen and oxygen atoms in total. The summed E-state index contributed by atoms with van der Waals surface area (Å²) in [4.78, 5) is 27.8. The minimum atomic E-state index is -0.587. The average molecular weight is 501 g/mol. The zero-order chi connectivity index (χ0) is 23.3. The molecule has 0 heterocycles. The fourth-order valence-electron chi connectivity index (χ4n) is 4.13. The molecule has 0 aliphatic heterocycles. The number of carbonyl (C=O) groups is 2. The number of ether oxygens (including phenoxy) is 1. The number of hydrogen-bond acceptors (Lipinski definition) is 3. The number of hydrogen-bond donors (Lipinski definition) is 1. The Morgan fingerprint density at radius 3 is 2.44 bits per heavy atom. The zero-order valence-electron chi connectivity index (χ0n) is 19.4. The van der Waals surface area contributed by atoms with Crippen molar-refractivity contribution >= 4 is 27.7 Å². The van der Waals surface area contributed by atoms with Crippen molar-refractivity contribution in [3.05, 3.63) is 63.1 Å². The third-order valence-corrected chi connectivity index (χ3v) is 6.78. The number of halogens is 1. The Balaban J connectivity index is 1.74. The van der Waals surface area contributed by atoms with Gasteiger partial charge in [0.1, 0.15) is 11.8 Å². The van der Waals surface area contributed by atoms with E-state index in [1.54, 1.807) is 11.8 Å². The maximum Gasteiger partial charge on any atom is 0.261 e. The summed E-state index contributed by atoms with van der Waals surface area (Å²) in [5, 5.41) is 3.13. The lowest BCUT2D eigenvalue weighted by Crippen LogP contribution is -2.50. The van der Waals surface area contributed by atoms with E-state index >= 15 is 0 Å². The highest BCUT2D eigenvalue weighted by Gasteiger charge is 2.28. The van der Waals surface area contributed by atoms with Crippen molar-refractivity contribution in [1.82, 2.24) is 10.2 Å². The standard InChI is InChI=1S/C26H33BrN2O3/c1-17-13-18(2)19(3)24(14-17)32-16-25(30)29(15-21-9-11-22(27)12-10-21)20(4)26(31)28-23-7-5-6-8-23/h9-14,20,23H,5-8,15-16H2,1-4H3,(H,28,31). The van der Waals surface area contributed by atoms with Gasteiger partial charge < -0.3 is 15.0 Å². The molecule has 1 fully saturated rings. The molecule has 0 radical (unpaired) electrons. The van der Waals surface area contributed by atoms with Crippen molar-refractivity contribution in [1.29, 1.82) is 0 Å². The van der Waals surface area contributed by atoms with Crippen molar-refractivity contribution < 1.29 is 14.3 Å². The van der Waals surface area contributed by atoms with Gasteiger partial charge in [0.2, 0.25) is 5.91 Å². The second-order valence-electron chi connectivity index (χ2n) is 8.81. The highest BCUT2D eigenvalue weighted by molar-refractivity contribution is 9.10. The molecule has 32 heavy (non-hydrogen) atoms. The number of nitrogens with zero attached hydrogens (tertiary/aromatic N) is 1. The minimum absolute atomic E-state index is 0.107. The molecule has 1 N–H and O–H groups in total. The van der Waals surface area contributed by atoms with Crippen LogP contribution in [0.15, 0.2) is 40.9 Å². The summed E-state index contributed by atoms with van der Waals surface area (Å²) in [6.07, 6.45) is 4.30. The molecule has 2 amide bonds. The molecule has 172 valence electrons. The number of aryl methyl sites for hydroxylation is 2. The van der Waals surface area contributed by atoms with Gasteiger partial charge in [-0.05, 0) is 81.0 Å². The first kappa shape index (κ1) is 24.3. The fraction of sp³-hybridized carbons (Fsp3) is 0.462. The highest BCUT2D eigenvalue weighted by Crippen LogP contribution is 2.24. The van der Waals surface area contributed by atoms with Gasteiger partial charge in [0.05, 0.1) is 0 Å². The smallest absolute Gasteiger partial charge is 0.261 e. The highest BCUT2D eigenvalue weighted by atomic mass is 79.9. The number of carbonyl (C=O) groups excluding carboxylic acids is 2. The molecule has 6 heteroatoms. The summed E-state index contributed by atoms with van der Waals surface area (Å²) >= 11 is 3.45. The summed E-state index contributed by atoms with van der Waals surface area (Å²) in [6, 6.07) is 11.5. The Morgan fingerprint density at radius 1 is 1.12 bits per heavy atom. The van der Waals surface area contributed by atoms with E-state index in [0.29, 0.717) is 12.3 Å². The predicted molar refractivity (Wildman–Crippen MR) is 131 cm³/mol. The Bertz CT molecular complexity index is 952. The van der Waals surface area contributed by atoms with E-state index in [-0.39, 0.29) is 24.5 Å². The van der Waals surface area contributed by atoms with Gasteiger partial charge in [0, 0.05) is 17.1 Å². The molecular formula is C26H33BrN2O3. The second-order valence-corrected chi connectivity index (χ2v) is 9.72. The third-order valence-electron chi connectivity index (χ3n) is 6.25. The van der Waals surface area contributed by atoms with Crippen LogP contribution in [0.25, 0.3) is 0 Å². The molecule has 0 spiro atoms. The molecule has 0 bridgehead atoms. The van der Waals surface area contributed by atoms with Gasteiger partial charge in [-0.1, -0.05) is 47.0 Å². The van der Waals surface area contributed by atoms with Crippen LogP contribution < -0.4 is 10.1 Å². The SMILES string of the molecule is Cc1cc(C)c(C)c(OCC(=O)N(Cc2ccc(Br)cc2)C(C)C(=O)NC2CCCC2)c1. The summed E-state index contributed by atoms with van der Waals surface area (Å²) in [6.45, 7) is 8.07. The van der Waals surface area contributed by atoms with E-state index in [0.717, 1.165) is 52.4 Å². The van der Waals surface area contributed by atoms with Crippen molar-refractivity contribution in [2.45, 2.75) is 72.0 Å². The molecule has 1 unspecified atom stereocenters. The molecule has 1 atom stereocenters. The molecule has 1 aliphatic carbocycles. The lowest BCUT2D eigenvalue weighted by molar-refractivity contribution is -0.142. The van der Waals surface area contributed by atoms with E-state index in [1.807, 2.05) is 51.1 Å². The van der Waals surface area contributed by atoms with E-state index in [1.165, 1.54) is 0 Å². The number of nitrogens with one attached hydrogen (secondary N) is 1. The lowest BCUT2D eigenvalue weighted by atomic mass is 10.1. The van der Waals surface area contributed by atoms with E-state index < -0.39 is 6.04 Å². The van der Waals surface area contributed by atoms with Crippen LogP contribution in [0.2, 0.25) is 0 Å². The van der Waals surface area contributed by atoms with Crippen molar-refractivity contribution in [2.24, 2.45) is 0 Å². The maximum atomic E-state index is 13.3. The molecule has 3 rings (SSSR count). The van der Waals surface area contributed by atoms with Crippen molar-refractivity contribution in [3.8, 4) is 5.75 Å². The van der Waals surface area contributed by atoms with E-state index in [2.05, 4.69) is 27.3 Å². The minimum Gasteiger partial charge on any atom is -0.483 e. The third kappa shape index (κ3) is 6.35. The number of amides is 2. The van der Waals surface area contributed by atoms with Gasteiger partial charge >= 0.3 is 0 Å². The van der Waals surface area contributed by atoms with Gasteiger partial charge in [0.15, 0.2) is 6.61 Å². The van der Waals surface area contributed by atoms with Crippen LogP contribution in [0.4, 0.5) is 0 Å². The Kier molecular flexibility index (Phi) is 8.35. The van der Waals surface area contributed by atoms with Gasteiger partial charge in [-0.15, -0.1) is 0 Å². The Hall–Kier alpha value is -2.34. The average Bonchev–Trinajstić information content (AvgIpc) is 3.27. The fourth-order valence-corrected chi connectivity index (χ4v) is 4.40. The molecular weight excluding hydrogens is 468 g/mol. The Morgan fingerprint density at radius 2 is 1.78 bits per heavy atom. The van der Waals surface area contributed by atoms with Gasteiger partial charge in [0.25, 0.3) is 5.91 Å². The predicted octanol–water partition coefficient (Wildman–Crippen LogP) is 5.23. The maximum absolute atomic E-state index is 13.3. The topological polar surface area (TPSA) is 58.6 Å². The molecule has 2 aromatic carbocycles.